The number of benzene rings is 1. The molecule has 1 N–H and O–H groups in total. The monoisotopic (exact) mass is 284 g/mol. The third kappa shape index (κ3) is 2.93. The minimum atomic E-state index is -1.08. The van der Waals surface area contributed by atoms with Crippen LogP contribution in [0.2, 0.25) is 0 Å². The number of halogens is 2. The van der Waals surface area contributed by atoms with Gasteiger partial charge >= 0.3 is 5.97 Å². The van der Waals surface area contributed by atoms with Gasteiger partial charge in [-0.2, -0.15) is 5.10 Å². The van der Waals surface area contributed by atoms with E-state index in [2.05, 4.69) is 5.10 Å². The summed E-state index contributed by atoms with van der Waals surface area (Å²) in [6, 6.07) is 3.28. The molecule has 0 unspecified atom stereocenters. The lowest BCUT2D eigenvalue weighted by Crippen LogP contribution is -2.03. The van der Waals surface area contributed by atoms with Crippen LogP contribution in [0.3, 0.4) is 0 Å². The van der Waals surface area contributed by atoms with E-state index < -0.39 is 17.6 Å². The second-order valence-electron chi connectivity index (χ2n) is 3.80. The van der Waals surface area contributed by atoms with Gasteiger partial charge in [-0.3, -0.25) is 4.68 Å². The first-order chi connectivity index (χ1) is 8.99. The highest BCUT2D eigenvalue weighted by molar-refractivity contribution is 7.98. The molecule has 0 amide bonds. The van der Waals surface area contributed by atoms with Crippen LogP contribution in [-0.4, -0.2) is 20.9 Å². The van der Waals surface area contributed by atoms with Crippen molar-refractivity contribution in [3.05, 3.63) is 47.3 Å². The Hall–Kier alpha value is -1.89. The number of rotatable bonds is 4. The Morgan fingerprint density at radius 1 is 1.47 bits per heavy atom. The SMILES string of the molecule is Cn1ncc(C(=O)O)c1CSc1ccc(F)cc1F. The topological polar surface area (TPSA) is 55.1 Å². The van der Waals surface area contributed by atoms with Gasteiger partial charge in [0.25, 0.3) is 0 Å². The predicted molar refractivity (Wildman–Crippen MR) is 66.1 cm³/mol. The Kier molecular flexibility index (Phi) is 3.84. The van der Waals surface area contributed by atoms with Crippen molar-refractivity contribution in [3.8, 4) is 0 Å². The third-order valence-electron chi connectivity index (χ3n) is 2.55. The fraction of sp³-hybridized carbons (Fsp3) is 0.167. The molecule has 0 aliphatic heterocycles. The van der Waals surface area contributed by atoms with Crippen molar-refractivity contribution < 1.29 is 18.7 Å². The van der Waals surface area contributed by atoms with Crippen molar-refractivity contribution in [3.63, 3.8) is 0 Å². The molecule has 1 heterocycles. The summed E-state index contributed by atoms with van der Waals surface area (Å²) >= 11 is 1.09. The fourth-order valence-corrected chi connectivity index (χ4v) is 2.55. The molecule has 0 spiro atoms. The molecule has 0 fully saturated rings. The number of hydrogen-bond donors (Lipinski definition) is 1. The molecule has 19 heavy (non-hydrogen) atoms. The Balaban J connectivity index is 2.19. The van der Waals surface area contributed by atoms with Crippen LogP contribution in [0, 0.1) is 11.6 Å². The maximum atomic E-state index is 13.4. The van der Waals surface area contributed by atoms with Crippen molar-refractivity contribution in [2.75, 3.05) is 0 Å². The van der Waals surface area contributed by atoms with Crippen LogP contribution in [0.1, 0.15) is 16.1 Å². The third-order valence-corrected chi connectivity index (χ3v) is 3.61. The fourth-order valence-electron chi connectivity index (χ4n) is 1.55. The Bertz CT molecular complexity index is 628. The first-order valence-electron chi connectivity index (χ1n) is 5.31. The molecule has 0 saturated heterocycles. The van der Waals surface area contributed by atoms with Crippen molar-refractivity contribution in [1.82, 2.24) is 9.78 Å². The number of aromatic carboxylic acids is 1. The number of aryl methyl sites for hydroxylation is 1. The summed E-state index contributed by atoms with van der Waals surface area (Å²) in [7, 11) is 1.61. The molecule has 0 atom stereocenters. The lowest BCUT2D eigenvalue weighted by molar-refractivity contribution is 0.0696. The van der Waals surface area contributed by atoms with Crippen molar-refractivity contribution in [2.24, 2.45) is 7.05 Å². The average molecular weight is 284 g/mol. The molecular weight excluding hydrogens is 274 g/mol. The Labute approximate surface area is 112 Å². The highest BCUT2D eigenvalue weighted by atomic mass is 32.2. The molecule has 1 aromatic heterocycles. The zero-order valence-corrected chi connectivity index (χ0v) is 10.7. The molecule has 2 aromatic rings. The summed E-state index contributed by atoms with van der Waals surface area (Å²) in [4.78, 5) is 11.2. The van der Waals surface area contributed by atoms with Crippen molar-refractivity contribution in [2.45, 2.75) is 10.6 Å². The Morgan fingerprint density at radius 3 is 2.84 bits per heavy atom. The standard InChI is InChI=1S/C12H10F2N2O2S/c1-16-10(8(5-15-16)12(17)18)6-19-11-3-2-7(13)4-9(11)14/h2-5H,6H2,1H3,(H,17,18). The molecule has 100 valence electrons. The molecule has 1 aromatic carbocycles. The minimum Gasteiger partial charge on any atom is -0.478 e. The van der Waals surface area contributed by atoms with Crippen molar-refractivity contribution >= 4 is 17.7 Å². The molecule has 2 rings (SSSR count). The van der Waals surface area contributed by atoms with E-state index in [1.165, 1.54) is 16.9 Å². The van der Waals surface area contributed by atoms with E-state index in [9.17, 15) is 13.6 Å². The number of carbonyl (C=O) groups is 1. The largest absolute Gasteiger partial charge is 0.478 e. The van der Waals surface area contributed by atoms with E-state index in [4.69, 9.17) is 5.11 Å². The molecular formula is C12H10F2N2O2S. The van der Waals surface area contributed by atoms with Gasteiger partial charge in [-0.05, 0) is 12.1 Å². The second-order valence-corrected chi connectivity index (χ2v) is 4.81. The molecule has 0 saturated carbocycles. The van der Waals surface area contributed by atoms with E-state index in [1.807, 2.05) is 0 Å². The highest BCUT2D eigenvalue weighted by Gasteiger charge is 2.15. The van der Waals surface area contributed by atoms with E-state index in [0.717, 1.165) is 23.9 Å². The number of aromatic nitrogens is 2. The predicted octanol–water partition coefficient (Wildman–Crippen LogP) is 2.69. The van der Waals surface area contributed by atoms with E-state index in [-0.39, 0.29) is 16.2 Å². The number of nitrogens with zero attached hydrogens (tertiary/aromatic N) is 2. The lowest BCUT2D eigenvalue weighted by atomic mass is 10.3. The van der Waals surface area contributed by atoms with Gasteiger partial charge in [0.1, 0.15) is 17.2 Å². The molecule has 0 aliphatic rings. The second kappa shape index (κ2) is 5.40. The number of carboxylic acid groups (broad SMARTS) is 1. The normalized spacial score (nSPS) is 10.7. The number of hydrogen-bond acceptors (Lipinski definition) is 3. The lowest BCUT2D eigenvalue weighted by Gasteiger charge is -2.05. The molecule has 0 aliphatic carbocycles. The van der Waals surface area contributed by atoms with Crippen LogP contribution in [0.15, 0.2) is 29.3 Å². The van der Waals surface area contributed by atoms with Crippen LogP contribution in [0.25, 0.3) is 0 Å². The van der Waals surface area contributed by atoms with Crippen LogP contribution < -0.4 is 0 Å². The molecule has 0 bridgehead atoms. The first-order valence-corrected chi connectivity index (χ1v) is 6.29. The summed E-state index contributed by atoms with van der Waals surface area (Å²) in [5, 5.41) is 12.8. The zero-order chi connectivity index (χ0) is 14.0. The smallest absolute Gasteiger partial charge is 0.339 e. The van der Waals surface area contributed by atoms with Crippen LogP contribution in [0.5, 0.6) is 0 Å². The first kappa shape index (κ1) is 13.5. The Morgan fingerprint density at radius 2 is 2.21 bits per heavy atom. The number of carboxylic acids is 1. The van der Waals surface area contributed by atoms with Gasteiger partial charge in [-0.1, -0.05) is 0 Å². The summed E-state index contributed by atoms with van der Waals surface area (Å²) in [5.41, 5.74) is 0.554. The van der Waals surface area contributed by atoms with Gasteiger partial charge in [0, 0.05) is 23.8 Å². The van der Waals surface area contributed by atoms with Crippen LogP contribution in [0.4, 0.5) is 8.78 Å². The van der Waals surface area contributed by atoms with Gasteiger partial charge in [0.05, 0.1) is 11.9 Å². The van der Waals surface area contributed by atoms with E-state index >= 15 is 0 Å². The molecule has 0 radical (unpaired) electrons. The maximum absolute atomic E-state index is 13.4. The minimum absolute atomic E-state index is 0.0810. The zero-order valence-electron chi connectivity index (χ0n) is 9.93. The summed E-state index contributed by atoms with van der Waals surface area (Å²) in [5.74, 6) is -2.15. The average Bonchev–Trinajstić information content (AvgIpc) is 2.70. The molecule has 7 heteroatoms. The van der Waals surface area contributed by atoms with E-state index in [0.29, 0.717) is 5.69 Å². The van der Waals surface area contributed by atoms with Crippen LogP contribution in [-0.2, 0) is 12.8 Å². The summed E-state index contributed by atoms with van der Waals surface area (Å²) in [6.45, 7) is 0. The van der Waals surface area contributed by atoms with Gasteiger partial charge in [-0.15, -0.1) is 11.8 Å². The van der Waals surface area contributed by atoms with E-state index in [1.54, 1.807) is 7.05 Å². The van der Waals surface area contributed by atoms with Gasteiger partial charge in [0.15, 0.2) is 0 Å². The summed E-state index contributed by atoms with van der Waals surface area (Å²) < 4.78 is 27.6. The summed E-state index contributed by atoms with van der Waals surface area (Å²) in [6.07, 6.45) is 1.25. The quantitative estimate of drug-likeness (QED) is 0.877. The maximum Gasteiger partial charge on any atom is 0.339 e. The highest BCUT2D eigenvalue weighted by Crippen LogP contribution is 2.27. The van der Waals surface area contributed by atoms with Gasteiger partial charge < -0.3 is 5.11 Å². The van der Waals surface area contributed by atoms with Gasteiger partial charge in [0.2, 0.25) is 0 Å². The number of thioether (sulfide) groups is 1. The van der Waals surface area contributed by atoms with Crippen molar-refractivity contribution in [1.29, 1.82) is 0 Å². The molecule has 4 nitrogen and oxygen atoms in total. The van der Waals surface area contributed by atoms with Gasteiger partial charge in [-0.25, -0.2) is 13.6 Å². The van der Waals surface area contributed by atoms with Crippen LogP contribution >= 0.6 is 11.8 Å².